The van der Waals surface area contributed by atoms with Crippen LogP contribution < -0.4 is 5.32 Å². The van der Waals surface area contributed by atoms with Gasteiger partial charge in [-0.25, -0.2) is 0 Å². The van der Waals surface area contributed by atoms with Crippen LogP contribution in [0.4, 0.5) is 0 Å². The number of nitrogens with one attached hydrogen (secondary N) is 2. The van der Waals surface area contributed by atoms with E-state index < -0.39 is 0 Å². The normalized spacial score (nSPS) is 14.9. The molecule has 0 aliphatic carbocycles. The van der Waals surface area contributed by atoms with Crippen molar-refractivity contribution in [3.8, 4) is 0 Å². The second-order valence-electron chi connectivity index (χ2n) is 3.48. The van der Waals surface area contributed by atoms with Crippen molar-refractivity contribution >= 4 is 33.7 Å². The quantitative estimate of drug-likeness (QED) is 0.780. The average molecular weight is 247 g/mol. The zero-order valence-corrected chi connectivity index (χ0v) is 9.62. The van der Waals surface area contributed by atoms with Gasteiger partial charge in [0.05, 0.1) is 17.4 Å². The third kappa shape index (κ3) is 1.89. The van der Waals surface area contributed by atoms with Gasteiger partial charge in [-0.3, -0.25) is 25.2 Å². The summed E-state index contributed by atoms with van der Waals surface area (Å²) in [5.74, 6) is 0.663. The highest BCUT2D eigenvalue weighted by atomic mass is 32.2. The highest BCUT2D eigenvalue weighted by Crippen LogP contribution is 2.15. The number of aromatic nitrogens is 3. The van der Waals surface area contributed by atoms with Gasteiger partial charge < -0.3 is 0 Å². The first kappa shape index (κ1) is 10.3. The maximum Gasteiger partial charge on any atom is 0.278 e. The van der Waals surface area contributed by atoms with E-state index in [1.807, 2.05) is 0 Å². The van der Waals surface area contributed by atoms with Gasteiger partial charge in [0.25, 0.3) is 5.91 Å². The molecular formula is C10H9N5OS. The van der Waals surface area contributed by atoms with Crippen LogP contribution in [0.15, 0.2) is 23.5 Å². The van der Waals surface area contributed by atoms with Crippen LogP contribution in [-0.2, 0) is 0 Å². The molecule has 1 aliphatic heterocycles. The lowest BCUT2D eigenvalue weighted by molar-refractivity contribution is 0.0974. The molecule has 1 aliphatic rings. The van der Waals surface area contributed by atoms with Gasteiger partial charge in [0, 0.05) is 18.1 Å². The summed E-state index contributed by atoms with van der Waals surface area (Å²) in [6.45, 7) is 0.753. The molecule has 6 nitrogen and oxygen atoms in total. The lowest BCUT2D eigenvalue weighted by Crippen LogP contribution is -2.27. The Kier molecular flexibility index (Phi) is 2.52. The second kappa shape index (κ2) is 4.17. The summed E-state index contributed by atoms with van der Waals surface area (Å²) in [5, 5.41) is 10.9. The third-order valence-electron chi connectivity index (χ3n) is 2.39. The van der Waals surface area contributed by atoms with Crippen LogP contribution in [0.3, 0.4) is 0 Å². The summed E-state index contributed by atoms with van der Waals surface area (Å²) in [5.41, 5.74) is 1.15. The molecule has 0 saturated carbocycles. The van der Waals surface area contributed by atoms with Gasteiger partial charge in [0.2, 0.25) is 0 Å². The molecular weight excluding hydrogens is 238 g/mol. The predicted octanol–water partition coefficient (Wildman–Crippen LogP) is 0.790. The molecule has 3 rings (SSSR count). The molecule has 86 valence electrons. The second-order valence-corrected chi connectivity index (χ2v) is 4.57. The number of rotatable bonds is 1. The third-order valence-corrected chi connectivity index (χ3v) is 3.28. The smallest absolute Gasteiger partial charge is 0.278 e. The number of fused-ring (bicyclic) bond motifs is 1. The maximum absolute atomic E-state index is 12.0. The molecule has 0 fully saturated rings. The number of nitrogens with zero attached hydrogens (tertiary/aromatic N) is 3. The topological polar surface area (TPSA) is 83.0 Å². The molecule has 17 heavy (non-hydrogen) atoms. The molecule has 3 heterocycles. The number of H-pyrrole nitrogens is 1. The molecule has 2 N–H and O–H groups in total. The molecule has 7 heteroatoms. The fourth-order valence-electron chi connectivity index (χ4n) is 1.60. The largest absolute Gasteiger partial charge is 0.300 e. The minimum atomic E-state index is -0.252. The molecule has 0 bridgehead atoms. The Morgan fingerprint density at radius 1 is 1.53 bits per heavy atom. The minimum Gasteiger partial charge on any atom is -0.300 e. The summed E-state index contributed by atoms with van der Waals surface area (Å²) >= 11 is 1.54. The van der Waals surface area contributed by atoms with Crippen molar-refractivity contribution in [1.82, 2.24) is 20.5 Å². The number of pyridine rings is 1. The first-order valence-corrected chi connectivity index (χ1v) is 6.10. The lowest BCUT2D eigenvalue weighted by atomic mass is 10.2. The molecule has 0 atom stereocenters. The zero-order chi connectivity index (χ0) is 11.7. The molecule has 0 saturated heterocycles. The van der Waals surface area contributed by atoms with Crippen molar-refractivity contribution in [1.29, 1.82) is 0 Å². The highest BCUT2D eigenvalue weighted by molar-refractivity contribution is 8.14. The van der Waals surface area contributed by atoms with E-state index in [0.717, 1.165) is 17.8 Å². The fourth-order valence-corrected chi connectivity index (χ4v) is 2.32. The average Bonchev–Trinajstić information content (AvgIpc) is 2.96. The van der Waals surface area contributed by atoms with Crippen molar-refractivity contribution in [2.75, 3.05) is 12.3 Å². The number of aliphatic imine (C=N–C) groups is 1. The zero-order valence-electron chi connectivity index (χ0n) is 8.80. The van der Waals surface area contributed by atoms with E-state index in [0.29, 0.717) is 16.2 Å². The van der Waals surface area contributed by atoms with E-state index >= 15 is 0 Å². The number of aromatic amines is 1. The number of amides is 1. The van der Waals surface area contributed by atoms with E-state index in [1.165, 1.54) is 11.8 Å². The van der Waals surface area contributed by atoms with Crippen molar-refractivity contribution in [3.63, 3.8) is 0 Å². The molecule has 0 spiro atoms. The van der Waals surface area contributed by atoms with Gasteiger partial charge in [0.1, 0.15) is 0 Å². The Hall–Kier alpha value is -1.89. The first-order valence-electron chi connectivity index (χ1n) is 5.11. The fraction of sp³-hybridized carbons (Fsp3) is 0.200. The Labute approximate surface area is 101 Å². The Bertz CT molecular complexity index is 606. The highest BCUT2D eigenvalue weighted by Gasteiger charge is 2.17. The van der Waals surface area contributed by atoms with Crippen LogP contribution in [-0.4, -0.2) is 38.6 Å². The Morgan fingerprint density at radius 2 is 2.47 bits per heavy atom. The summed E-state index contributed by atoms with van der Waals surface area (Å²) in [6.07, 6.45) is 3.27. The minimum absolute atomic E-state index is 0.252. The molecule has 0 radical (unpaired) electrons. The van der Waals surface area contributed by atoms with Crippen LogP contribution >= 0.6 is 11.8 Å². The summed E-state index contributed by atoms with van der Waals surface area (Å²) in [4.78, 5) is 20.1. The monoisotopic (exact) mass is 247 g/mol. The summed E-state index contributed by atoms with van der Waals surface area (Å²) in [7, 11) is 0. The van der Waals surface area contributed by atoms with Crippen molar-refractivity contribution < 1.29 is 4.79 Å². The summed E-state index contributed by atoms with van der Waals surface area (Å²) < 4.78 is 0. The number of amidine groups is 1. The molecule has 2 aromatic rings. The van der Waals surface area contributed by atoms with Crippen LogP contribution in [0.5, 0.6) is 0 Å². The van der Waals surface area contributed by atoms with E-state index in [4.69, 9.17) is 0 Å². The molecule has 0 aromatic carbocycles. The standard InChI is InChI=1S/C10H9N5OS/c16-9(13-10-12-3-4-17-10)8-6-5-11-2-1-7(6)14-15-8/h1-2,5H,3-4H2,(H,14,15)(H,12,13,16). The van der Waals surface area contributed by atoms with Crippen molar-refractivity contribution in [2.45, 2.75) is 0 Å². The Morgan fingerprint density at radius 3 is 3.29 bits per heavy atom. The van der Waals surface area contributed by atoms with E-state index in [9.17, 15) is 4.79 Å². The van der Waals surface area contributed by atoms with E-state index in [1.54, 1.807) is 18.5 Å². The molecule has 1 amide bonds. The maximum atomic E-state index is 12.0. The van der Waals surface area contributed by atoms with Crippen LogP contribution in [0.1, 0.15) is 10.5 Å². The van der Waals surface area contributed by atoms with Gasteiger partial charge in [-0.05, 0) is 6.07 Å². The van der Waals surface area contributed by atoms with Gasteiger partial charge in [-0.1, -0.05) is 11.8 Å². The number of carbonyl (C=O) groups is 1. The summed E-state index contributed by atoms with van der Waals surface area (Å²) in [6, 6.07) is 1.78. The SMILES string of the molecule is O=C(NC1=NCCS1)c1n[nH]c2ccncc12. The van der Waals surface area contributed by atoms with Crippen molar-refractivity contribution in [2.24, 2.45) is 4.99 Å². The number of hydrogen-bond donors (Lipinski definition) is 2. The predicted molar refractivity (Wildman–Crippen MR) is 66.1 cm³/mol. The Balaban J connectivity index is 1.90. The van der Waals surface area contributed by atoms with Crippen LogP contribution in [0.2, 0.25) is 0 Å². The molecule has 0 unspecified atom stereocenters. The number of carbonyl (C=O) groups excluding carboxylic acids is 1. The van der Waals surface area contributed by atoms with E-state index in [-0.39, 0.29) is 5.91 Å². The van der Waals surface area contributed by atoms with Crippen LogP contribution in [0.25, 0.3) is 10.9 Å². The van der Waals surface area contributed by atoms with Gasteiger partial charge >= 0.3 is 0 Å². The van der Waals surface area contributed by atoms with E-state index in [2.05, 4.69) is 25.5 Å². The van der Waals surface area contributed by atoms with Crippen LogP contribution in [0, 0.1) is 0 Å². The van der Waals surface area contributed by atoms with Crippen molar-refractivity contribution in [3.05, 3.63) is 24.2 Å². The van der Waals surface area contributed by atoms with Gasteiger partial charge in [0.15, 0.2) is 10.9 Å². The lowest BCUT2D eigenvalue weighted by Gasteiger charge is -2.00. The molecule has 2 aromatic heterocycles. The van der Waals surface area contributed by atoms with Gasteiger partial charge in [-0.15, -0.1) is 0 Å². The van der Waals surface area contributed by atoms with Gasteiger partial charge in [-0.2, -0.15) is 5.10 Å². The number of hydrogen-bond acceptors (Lipinski definition) is 5. The number of thioether (sulfide) groups is 1. The first-order chi connectivity index (χ1) is 8.34.